The second-order valence-corrected chi connectivity index (χ2v) is 9.52. The Morgan fingerprint density at radius 2 is 1.16 bits per heavy atom. The fraction of sp³-hybridized carbons (Fsp3) is 0.226. The van der Waals surface area contributed by atoms with Gasteiger partial charge in [-0.25, -0.2) is 0 Å². The van der Waals surface area contributed by atoms with Crippen LogP contribution in [0.5, 0.6) is 0 Å². The summed E-state index contributed by atoms with van der Waals surface area (Å²) in [6, 6.07) is 41.7. The maximum Gasteiger partial charge on any atom is 0.119 e. The van der Waals surface area contributed by atoms with Gasteiger partial charge in [0.2, 0.25) is 0 Å². The van der Waals surface area contributed by atoms with Crippen LogP contribution in [0.15, 0.2) is 115 Å². The Kier molecular flexibility index (Phi) is 4.73. The third-order valence-electron chi connectivity index (χ3n) is 7.57. The zero-order valence-corrected chi connectivity index (χ0v) is 18.3. The molecule has 0 spiro atoms. The van der Waals surface area contributed by atoms with Crippen molar-refractivity contribution in [3.05, 3.63) is 143 Å². The predicted molar refractivity (Wildman–Crippen MR) is 130 cm³/mol. The molecule has 1 nitrogen and oxygen atoms in total. The summed E-state index contributed by atoms with van der Waals surface area (Å²) < 4.78 is 7.26. The molecule has 1 aliphatic heterocycles. The zero-order valence-electron chi connectivity index (χ0n) is 18.3. The monoisotopic (exact) mass is 416 g/mol. The van der Waals surface area contributed by atoms with E-state index in [0.717, 1.165) is 25.7 Å². The highest BCUT2D eigenvalue weighted by Gasteiger charge is 2.58. The van der Waals surface area contributed by atoms with E-state index in [2.05, 4.69) is 115 Å². The average Bonchev–Trinajstić information content (AvgIpc) is 3.19. The SMILES string of the molecule is c1ccc(C[C@]23Cc4ccccc4C[C@H]2OC(c2ccccc2)(c2ccccc2)C3)cc1. The molecule has 0 saturated carbocycles. The summed E-state index contributed by atoms with van der Waals surface area (Å²) in [6.45, 7) is 0. The summed E-state index contributed by atoms with van der Waals surface area (Å²) in [7, 11) is 0. The average molecular weight is 417 g/mol. The van der Waals surface area contributed by atoms with Crippen molar-refractivity contribution in [2.24, 2.45) is 5.41 Å². The lowest BCUT2D eigenvalue weighted by atomic mass is 9.63. The Labute approximate surface area is 190 Å². The molecule has 2 aliphatic rings. The van der Waals surface area contributed by atoms with Gasteiger partial charge in [0.15, 0.2) is 0 Å². The third kappa shape index (κ3) is 3.20. The summed E-state index contributed by atoms with van der Waals surface area (Å²) in [5.41, 5.74) is 6.48. The van der Waals surface area contributed by atoms with Gasteiger partial charge in [0.1, 0.15) is 5.60 Å². The van der Waals surface area contributed by atoms with E-state index in [0.29, 0.717) is 0 Å². The standard InChI is InChI=1S/C31H28O/c1-4-12-24(13-5-1)21-30-22-26-15-11-10-14-25(26)20-29(30)32-31(23-30,27-16-6-2-7-17-27)28-18-8-3-9-19-28/h1-19,29H,20-23H2/t29-,30-/m1/s1. The van der Waals surface area contributed by atoms with Crippen molar-refractivity contribution >= 4 is 0 Å². The van der Waals surface area contributed by atoms with Gasteiger partial charge in [0.25, 0.3) is 0 Å². The first-order chi connectivity index (χ1) is 15.8. The molecule has 0 aromatic heterocycles. The molecule has 4 aromatic rings. The van der Waals surface area contributed by atoms with Crippen LogP contribution in [0, 0.1) is 5.41 Å². The largest absolute Gasteiger partial charge is 0.361 e. The maximum atomic E-state index is 7.26. The summed E-state index contributed by atoms with van der Waals surface area (Å²) in [6.07, 6.45) is 4.24. The number of benzene rings is 4. The highest BCUT2D eigenvalue weighted by molar-refractivity contribution is 5.42. The molecule has 1 fully saturated rings. The topological polar surface area (TPSA) is 9.23 Å². The van der Waals surface area contributed by atoms with Gasteiger partial charge in [-0.15, -0.1) is 0 Å². The van der Waals surface area contributed by atoms with Gasteiger partial charge in [-0.05, 0) is 53.5 Å². The number of hydrogen-bond acceptors (Lipinski definition) is 1. The second-order valence-electron chi connectivity index (χ2n) is 9.52. The summed E-state index contributed by atoms with van der Waals surface area (Å²) in [4.78, 5) is 0. The summed E-state index contributed by atoms with van der Waals surface area (Å²) in [5.74, 6) is 0. The molecule has 1 saturated heterocycles. The minimum Gasteiger partial charge on any atom is -0.361 e. The van der Waals surface area contributed by atoms with Crippen molar-refractivity contribution in [1.29, 1.82) is 0 Å². The molecule has 1 heteroatoms. The first kappa shape index (κ1) is 19.5. The van der Waals surface area contributed by atoms with E-state index < -0.39 is 5.60 Å². The number of hydrogen-bond donors (Lipinski definition) is 0. The lowest BCUT2D eigenvalue weighted by molar-refractivity contribution is -0.0365. The highest BCUT2D eigenvalue weighted by Crippen LogP contribution is 2.58. The van der Waals surface area contributed by atoms with E-state index >= 15 is 0 Å². The van der Waals surface area contributed by atoms with Crippen LogP contribution in [0.25, 0.3) is 0 Å². The van der Waals surface area contributed by atoms with E-state index in [1.165, 1.54) is 27.8 Å². The van der Waals surface area contributed by atoms with Crippen molar-refractivity contribution < 1.29 is 4.74 Å². The highest BCUT2D eigenvalue weighted by atomic mass is 16.5. The van der Waals surface area contributed by atoms with E-state index in [4.69, 9.17) is 4.74 Å². The van der Waals surface area contributed by atoms with Crippen molar-refractivity contribution in [2.45, 2.75) is 37.4 Å². The minimum absolute atomic E-state index is 0.0569. The van der Waals surface area contributed by atoms with Crippen LogP contribution in [-0.4, -0.2) is 6.10 Å². The molecule has 32 heavy (non-hydrogen) atoms. The van der Waals surface area contributed by atoms with Crippen LogP contribution in [0.1, 0.15) is 34.2 Å². The molecule has 0 radical (unpaired) electrons. The van der Waals surface area contributed by atoms with Crippen molar-refractivity contribution in [1.82, 2.24) is 0 Å². The Balaban J connectivity index is 1.51. The molecule has 0 bridgehead atoms. The van der Waals surface area contributed by atoms with Crippen molar-refractivity contribution in [3.63, 3.8) is 0 Å². The molecule has 2 atom stereocenters. The van der Waals surface area contributed by atoms with Crippen LogP contribution in [0.3, 0.4) is 0 Å². The lowest BCUT2D eigenvalue weighted by Crippen LogP contribution is -2.40. The van der Waals surface area contributed by atoms with Gasteiger partial charge >= 0.3 is 0 Å². The van der Waals surface area contributed by atoms with Gasteiger partial charge < -0.3 is 4.74 Å². The van der Waals surface area contributed by atoms with E-state index in [9.17, 15) is 0 Å². The molecule has 1 heterocycles. The van der Waals surface area contributed by atoms with Gasteiger partial charge in [0.05, 0.1) is 6.10 Å². The smallest absolute Gasteiger partial charge is 0.119 e. The van der Waals surface area contributed by atoms with Crippen LogP contribution in [-0.2, 0) is 29.6 Å². The lowest BCUT2D eigenvalue weighted by Gasteiger charge is -2.39. The minimum atomic E-state index is -0.427. The van der Waals surface area contributed by atoms with Crippen molar-refractivity contribution in [3.8, 4) is 0 Å². The first-order valence-corrected chi connectivity index (χ1v) is 11.7. The molecule has 0 unspecified atom stereocenters. The van der Waals surface area contributed by atoms with Crippen LogP contribution in [0.2, 0.25) is 0 Å². The van der Waals surface area contributed by atoms with Gasteiger partial charge in [0, 0.05) is 5.41 Å². The fourth-order valence-electron chi connectivity index (χ4n) is 6.12. The van der Waals surface area contributed by atoms with Crippen LogP contribution in [0.4, 0.5) is 0 Å². The second kappa shape index (κ2) is 7.76. The number of fused-ring (bicyclic) bond motifs is 2. The molecule has 158 valence electrons. The van der Waals surface area contributed by atoms with E-state index in [1.807, 2.05) is 0 Å². The normalized spacial score (nSPS) is 23.3. The summed E-state index contributed by atoms with van der Waals surface area (Å²) in [5, 5.41) is 0. The van der Waals surface area contributed by atoms with Gasteiger partial charge in [-0.1, -0.05) is 115 Å². The van der Waals surface area contributed by atoms with Crippen LogP contribution < -0.4 is 0 Å². The Hall–Kier alpha value is -3.16. The first-order valence-electron chi connectivity index (χ1n) is 11.7. The number of ether oxygens (including phenoxy) is 1. The summed E-state index contributed by atoms with van der Waals surface area (Å²) >= 11 is 0. The maximum absolute atomic E-state index is 7.26. The molecular weight excluding hydrogens is 388 g/mol. The molecule has 0 N–H and O–H groups in total. The molecule has 4 aromatic carbocycles. The van der Waals surface area contributed by atoms with Crippen LogP contribution >= 0.6 is 0 Å². The third-order valence-corrected chi connectivity index (χ3v) is 7.57. The molecule has 6 rings (SSSR count). The molecule has 1 aliphatic carbocycles. The van der Waals surface area contributed by atoms with E-state index in [-0.39, 0.29) is 11.5 Å². The number of rotatable bonds is 4. The Morgan fingerprint density at radius 3 is 1.78 bits per heavy atom. The molecular formula is C31H28O. The Bertz CT molecular complexity index is 1160. The molecule has 0 amide bonds. The Morgan fingerprint density at radius 1 is 0.625 bits per heavy atom. The zero-order chi connectivity index (χ0) is 21.4. The fourth-order valence-corrected chi connectivity index (χ4v) is 6.12. The van der Waals surface area contributed by atoms with E-state index in [1.54, 1.807) is 0 Å². The van der Waals surface area contributed by atoms with Gasteiger partial charge in [-0.2, -0.15) is 0 Å². The van der Waals surface area contributed by atoms with Gasteiger partial charge in [-0.3, -0.25) is 0 Å². The predicted octanol–water partition coefficient (Wildman–Crippen LogP) is 6.75. The quantitative estimate of drug-likeness (QED) is 0.358. The van der Waals surface area contributed by atoms with Crippen molar-refractivity contribution in [2.75, 3.05) is 0 Å².